The molecule has 25 atom stereocenters. The fourth-order valence-electron chi connectivity index (χ4n) is 15.0. The third-order valence-electron chi connectivity index (χ3n) is 20.7. The zero-order chi connectivity index (χ0) is 79.7. The fraction of sp³-hybridized carbons (Fsp3) is 0.488. The lowest BCUT2D eigenvalue weighted by atomic mass is 9.94. The van der Waals surface area contributed by atoms with Crippen LogP contribution in [0.25, 0.3) is 0 Å². The summed E-state index contributed by atoms with van der Waals surface area (Å²) in [5, 5.41) is 35.2. The molecule has 114 heavy (non-hydrogen) atoms. The van der Waals surface area contributed by atoms with Crippen molar-refractivity contribution in [1.29, 1.82) is 0 Å². The topological polar surface area (TPSA) is 307 Å². The minimum atomic E-state index is -1.96. The van der Waals surface area contributed by atoms with Gasteiger partial charge < -0.3 is 124 Å². The maximum Gasteiger partial charge on any atom is 0.335 e. The second kappa shape index (κ2) is 43.6. The van der Waals surface area contributed by atoms with Crippen LogP contribution in [-0.4, -0.2) is 250 Å². The first-order valence-electron chi connectivity index (χ1n) is 38.0. The molecule has 7 aromatic carbocycles. The lowest BCUT2D eigenvalue weighted by Gasteiger charge is -2.52. The van der Waals surface area contributed by atoms with Crippen LogP contribution >= 0.6 is 0 Å². The predicted molar refractivity (Wildman–Crippen MR) is 404 cm³/mol. The van der Waals surface area contributed by atoms with Crippen LogP contribution in [0.1, 0.15) is 38.9 Å². The Bertz CT molecular complexity index is 3890. The molecule has 616 valence electrons. The van der Waals surface area contributed by atoms with Crippen molar-refractivity contribution < 1.29 is 134 Å². The third kappa shape index (κ3) is 22.2. The molecule has 7 aromatic rings. The molecule has 0 amide bonds. The monoisotopic (exact) mass is 1580 g/mol. The predicted octanol–water partition coefficient (Wildman–Crippen LogP) is 8.41. The van der Waals surface area contributed by atoms with E-state index in [0.717, 1.165) is 33.4 Å². The highest BCUT2D eigenvalue weighted by Gasteiger charge is 2.61. The van der Waals surface area contributed by atoms with E-state index in [4.69, 9.17) is 109 Å². The quantitative estimate of drug-likeness (QED) is 0.0324. The molecule has 0 radical (unpaired) electrons. The molecule has 28 nitrogen and oxygen atoms in total. The van der Waals surface area contributed by atoms with Gasteiger partial charge >= 0.3 is 11.9 Å². The van der Waals surface area contributed by atoms with Gasteiger partial charge in [0, 0.05) is 49.8 Å². The largest absolute Gasteiger partial charge is 0.479 e. The molecule has 5 aliphatic rings. The van der Waals surface area contributed by atoms with E-state index in [1.54, 1.807) is 0 Å². The number of rotatable bonds is 41. The summed E-state index contributed by atoms with van der Waals surface area (Å²) in [6.07, 6.45) is -33.8. The van der Waals surface area contributed by atoms with Crippen molar-refractivity contribution in [2.24, 2.45) is 0 Å². The summed E-state index contributed by atoms with van der Waals surface area (Å²) in [4.78, 5) is 28.4. The number of methoxy groups -OCH3 is 7. The second-order valence-electron chi connectivity index (χ2n) is 28.0. The lowest BCUT2D eigenvalue weighted by molar-refractivity contribution is -0.398. The Morgan fingerprint density at radius 2 is 0.500 bits per heavy atom. The molecule has 5 heterocycles. The molecule has 0 unspecified atom stereocenters. The van der Waals surface area contributed by atoms with Gasteiger partial charge in [0.25, 0.3) is 0 Å². The first-order chi connectivity index (χ1) is 55.8. The van der Waals surface area contributed by atoms with E-state index < -0.39 is 165 Å². The minimum Gasteiger partial charge on any atom is -0.479 e. The van der Waals surface area contributed by atoms with Gasteiger partial charge in [-0.05, 0) is 38.9 Å². The summed E-state index contributed by atoms with van der Waals surface area (Å²) in [6, 6.07) is 65.8. The molecule has 12 rings (SSSR count). The molecule has 0 aromatic heterocycles. The molecule has 0 spiro atoms. The molecule has 5 saturated heterocycles. The number of aliphatic carboxylic acids is 2. The Labute approximate surface area is 663 Å². The van der Waals surface area contributed by atoms with Crippen LogP contribution in [0, 0.1) is 0 Å². The number of hydrogen-bond acceptors (Lipinski definition) is 26. The summed E-state index contributed by atoms with van der Waals surface area (Å²) in [5.41, 5.74) is 5.58. The number of carbonyl (C=O) groups is 2. The number of carboxylic acid groups (broad SMARTS) is 2. The highest BCUT2D eigenvalue weighted by Crippen LogP contribution is 2.41. The number of benzene rings is 7. The highest BCUT2D eigenvalue weighted by molar-refractivity contribution is 5.74. The summed E-state index contributed by atoms with van der Waals surface area (Å²) < 4.78 is 152. The smallest absolute Gasteiger partial charge is 0.335 e. The zero-order valence-corrected chi connectivity index (χ0v) is 64.8. The van der Waals surface area contributed by atoms with Gasteiger partial charge in [0.2, 0.25) is 0 Å². The molecule has 5 aliphatic heterocycles. The molecule has 0 aliphatic carbocycles. The van der Waals surface area contributed by atoms with Gasteiger partial charge in [0.1, 0.15) is 110 Å². The molecule has 0 bridgehead atoms. The molecule has 5 fully saturated rings. The summed E-state index contributed by atoms with van der Waals surface area (Å²) in [5.74, 6) is -2.99. The van der Waals surface area contributed by atoms with Crippen LogP contribution in [0.5, 0.6) is 0 Å². The molecule has 3 N–H and O–H groups in total. The van der Waals surface area contributed by atoms with Gasteiger partial charge in [-0.3, -0.25) is 0 Å². The van der Waals surface area contributed by atoms with E-state index in [1.165, 1.54) is 49.8 Å². The Morgan fingerprint density at radius 1 is 0.263 bits per heavy atom. The first-order valence-corrected chi connectivity index (χ1v) is 38.0. The second-order valence-corrected chi connectivity index (χ2v) is 28.0. The van der Waals surface area contributed by atoms with Crippen molar-refractivity contribution in [2.45, 2.75) is 200 Å². The average molecular weight is 1590 g/mol. The number of ether oxygens (including phenoxy) is 23. The lowest BCUT2D eigenvalue weighted by Crippen LogP contribution is -2.69. The van der Waals surface area contributed by atoms with Gasteiger partial charge in [-0.15, -0.1) is 0 Å². The normalized spacial score (nSPS) is 31.8. The van der Waals surface area contributed by atoms with Crippen molar-refractivity contribution in [3.8, 4) is 0 Å². The van der Waals surface area contributed by atoms with Gasteiger partial charge in [-0.25, -0.2) is 9.59 Å². The van der Waals surface area contributed by atoms with Gasteiger partial charge in [0.15, 0.2) is 43.7 Å². The van der Waals surface area contributed by atoms with Crippen LogP contribution < -0.4 is 0 Å². The van der Waals surface area contributed by atoms with Gasteiger partial charge in [-0.2, -0.15) is 0 Å². The number of carboxylic acids is 2. The van der Waals surface area contributed by atoms with Crippen molar-refractivity contribution in [3.05, 3.63) is 251 Å². The van der Waals surface area contributed by atoms with E-state index in [9.17, 15) is 24.9 Å². The van der Waals surface area contributed by atoms with Crippen molar-refractivity contribution >= 4 is 11.9 Å². The number of aliphatic hydroxyl groups is 1. The van der Waals surface area contributed by atoms with Crippen molar-refractivity contribution in [2.75, 3.05) is 69.6 Å². The Hall–Kier alpha value is -7.48. The number of hydrogen-bond donors (Lipinski definition) is 3. The maximum absolute atomic E-state index is 14.4. The van der Waals surface area contributed by atoms with E-state index in [-0.39, 0.29) is 66.1 Å². The number of aliphatic hydroxyl groups excluding tert-OH is 1. The Morgan fingerprint density at radius 3 is 0.807 bits per heavy atom. The molecule has 28 heteroatoms. The molecule has 0 saturated carbocycles. The highest BCUT2D eigenvalue weighted by atomic mass is 16.8. The maximum atomic E-state index is 14.4. The summed E-state index contributed by atoms with van der Waals surface area (Å²) >= 11 is 0. The van der Waals surface area contributed by atoms with Crippen LogP contribution in [0.3, 0.4) is 0 Å². The molecular formula is C86H104O28. The van der Waals surface area contributed by atoms with E-state index >= 15 is 0 Å². The molecular weight excluding hydrogens is 1480 g/mol. The van der Waals surface area contributed by atoms with Gasteiger partial charge in [-0.1, -0.05) is 212 Å². The first kappa shape index (κ1) is 85.9. The summed E-state index contributed by atoms with van der Waals surface area (Å²) in [7, 11) is 9.95. The van der Waals surface area contributed by atoms with Crippen molar-refractivity contribution in [1.82, 2.24) is 0 Å². The minimum absolute atomic E-state index is 0.00811. The van der Waals surface area contributed by atoms with Crippen LogP contribution in [-0.2, 0) is 165 Å². The Balaban J connectivity index is 0.886. The van der Waals surface area contributed by atoms with Crippen molar-refractivity contribution in [3.63, 3.8) is 0 Å². The zero-order valence-electron chi connectivity index (χ0n) is 64.8. The van der Waals surface area contributed by atoms with Gasteiger partial charge in [0.05, 0.1) is 66.1 Å². The fourth-order valence-corrected chi connectivity index (χ4v) is 15.0. The summed E-state index contributed by atoms with van der Waals surface area (Å²) in [6.45, 7) is -0.155. The third-order valence-corrected chi connectivity index (χ3v) is 20.7. The van der Waals surface area contributed by atoms with E-state index in [2.05, 4.69) is 0 Å². The van der Waals surface area contributed by atoms with E-state index in [0.29, 0.717) is 5.56 Å². The standard InChI is InChI=1S/C86H104O28/c1-92-63-60(50-99-43-53-29-15-8-16-30-53)107-83(76(96-5)66(63)93-2)111-71-67(94-3)77(97-6)85(113-73(71)80(87)88)110-65-62(52-101-45-55-33-19-10-20-34-55)108-86(79(105-49-59-41-27-14-28-42-59)70(65)103-47-57-37-23-12-24-38-57)112-72-68(95-4)78(98-7)84(114-74(72)81(89)90)109-64-61(51-100-44-54-31-17-9-18-32-54)106-82(91)75(104-48-58-39-25-13-26-40-58)69(64)102-46-56-35-21-11-22-36-56/h8-42,60-79,82-86,91H,43-52H2,1-7H3,(H,87,88)(H,89,90)/t60-,61-,62-,63-,64-,65-,66+,67+,68+,69+,70+,71+,72+,73+,74-,75-,76-,77-,78-,79-,82+,83-,84-,85-,86-/m1/s1. The SMILES string of the molecule is CO[C@@H]1[C@@H](OC)[C@H](O[C@H]2[C@H](OCc3ccccc3)[C@@H](OCc3ccccc3)[C@@H](O[C@H]3[C@H](OC)[C@@H](OC)[C@H](O[C@H]4[C@H](OCc5ccccc5)[C@@H](OCc5ccccc5)[C@@H](O)O[C@@H]4COCc4ccccc4)O[C@H]3C(=O)O)O[C@@H]2COCc2ccccc2)O[C@H](C(=O)O)[C@H]1O[C@H]1O[C@H](COCc2ccccc2)[C@@H](OC)[C@H](OC)[C@H]1OC. The van der Waals surface area contributed by atoms with E-state index in [1.807, 2.05) is 212 Å². The van der Waals surface area contributed by atoms with Crippen LogP contribution in [0.15, 0.2) is 212 Å². The average Bonchev–Trinajstić information content (AvgIpc) is 0.758. The van der Waals surface area contributed by atoms with Crippen LogP contribution in [0.2, 0.25) is 0 Å². The van der Waals surface area contributed by atoms with Crippen LogP contribution in [0.4, 0.5) is 0 Å². The Kier molecular flexibility index (Phi) is 32.9.